The molecule has 2 rings (SSSR count). The second-order valence-corrected chi connectivity index (χ2v) is 8.42. The maximum atomic E-state index is 12.3. The second-order valence-electron chi connectivity index (χ2n) is 5.30. The fourth-order valence-corrected chi connectivity index (χ4v) is 4.89. The molecular formula is C14H24N2O2S2. The third kappa shape index (κ3) is 4.55. The van der Waals surface area contributed by atoms with E-state index < -0.39 is 10.0 Å². The fourth-order valence-electron chi connectivity index (χ4n) is 2.55. The zero-order chi connectivity index (χ0) is 14.4. The van der Waals surface area contributed by atoms with Gasteiger partial charge >= 0.3 is 0 Å². The van der Waals surface area contributed by atoms with Gasteiger partial charge in [-0.25, -0.2) is 12.7 Å². The molecule has 0 saturated carbocycles. The standard InChI is InChI=1S/C14H24N2O2S2/c1-2-15-12-13-5-8-16(9-6-13)20(17,18)11-7-14-4-3-10-19-14/h3-4,10,13,15H,2,5-9,11-12H2,1H3. The summed E-state index contributed by atoms with van der Waals surface area (Å²) in [5, 5.41) is 5.34. The minimum atomic E-state index is -3.08. The molecule has 0 atom stereocenters. The third-order valence-electron chi connectivity index (χ3n) is 3.84. The lowest BCUT2D eigenvalue weighted by Crippen LogP contribution is -2.42. The average molecular weight is 316 g/mol. The summed E-state index contributed by atoms with van der Waals surface area (Å²) in [6.07, 6.45) is 2.59. The molecule has 0 aliphatic carbocycles. The topological polar surface area (TPSA) is 49.4 Å². The van der Waals surface area contributed by atoms with Gasteiger partial charge in [-0.2, -0.15) is 0 Å². The first-order valence-corrected chi connectivity index (χ1v) is 9.81. The molecule has 20 heavy (non-hydrogen) atoms. The van der Waals surface area contributed by atoms with Gasteiger partial charge in [0.25, 0.3) is 0 Å². The fraction of sp³-hybridized carbons (Fsp3) is 0.714. The minimum absolute atomic E-state index is 0.241. The number of rotatable bonds is 7. The molecule has 0 unspecified atom stereocenters. The Hall–Kier alpha value is -0.430. The molecule has 1 fully saturated rings. The van der Waals surface area contributed by atoms with Crippen molar-refractivity contribution in [3.63, 3.8) is 0 Å². The van der Waals surface area contributed by atoms with Gasteiger partial charge in [0.1, 0.15) is 0 Å². The molecule has 2 heterocycles. The maximum absolute atomic E-state index is 12.3. The summed E-state index contributed by atoms with van der Waals surface area (Å²) in [5.74, 6) is 0.865. The van der Waals surface area contributed by atoms with Crippen molar-refractivity contribution in [3.05, 3.63) is 22.4 Å². The van der Waals surface area contributed by atoms with Crippen LogP contribution in [0.4, 0.5) is 0 Å². The Labute approximate surface area is 126 Å². The van der Waals surface area contributed by atoms with E-state index in [9.17, 15) is 8.42 Å². The minimum Gasteiger partial charge on any atom is -0.317 e. The lowest BCUT2D eigenvalue weighted by atomic mass is 9.98. The highest BCUT2D eigenvalue weighted by atomic mass is 32.2. The van der Waals surface area contributed by atoms with Gasteiger partial charge in [-0.05, 0) is 49.7 Å². The first-order chi connectivity index (χ1) is 9.62. The predicted molar refractivity (Wildman–Crippen MR) is 84.7 cm³/mol. The molecule has 0 bridgehead atoms. The van der Waals surface area contributed by atoms with Gasteiger partial charge in [0.05, 0.1) is 5.75 Å². The molecule has 0 aromatic carbocycles. The Balaban J connectivity index is 1.79. The molecule has 4 nitrogen and oxygen atoms in total. The lowest BCUT2D eigenvalue weighted by Gasteiger charge is -2.31. The second kappa shape index (κ2) is 7.54. The van der Waals surface area contributed by atoms with Crippen molar-refractivity contribution in [2.45, 2.75) is 26.2 Å². The van der Waals surface area contributed by atoms with Crippen LogP contribution in [-0.4, -0.2) is 44.7 Å². The quantitative estimate of drug-likeness (QED) is 0.836. The lowest BCUT2D eigenvalue weighted by molar-refractivity contribution is 0.268. The van der Waals surface area contributed by atoms with Crippen molar-refractivity contribution in [3.8, 4) is 0 Å². The highest BCUT2D eigenvalue weighted by Gasteiger charge is 2.27. The molecule has 1 aromatic rings. The van der Waals surface area contributed by atoms with Crippen molar-refractivity contribution >= 4 is 21.4 Å². The van der Waals surface area contributed by atoms with Gasteiger partial charge in [-0.1, -0.05) is 13.0 Å². The monoisotopic (exact) mass is 316 g/mol. The van der Waals surface area contributed by atoms with Gasteiger partial charge in [0.15, 0.2) is 0 Å². The number of nitrogens with zero attached hydrogens (tertiary/aromatic N) is 1. The highest BCUT2D eigenvalue weighted by molar-refractivity contribution is 7.89. The van der Waals surface area contributed by atoms with E-state index in [1.165, 1.54) is 0 Å². The van der Waals surface area contributed by atoms with Gasteiger partial charge in [0, 0.05) is 18.0 Å². The molecule has 0 radical (unpaired) electrons. The number of hydrogen-bond donors (Lipinski definition) is 1. The van der Waals surface area contributed by atoms with E-state index in [2.05, 4.69) is 12.2 Å². The van der Waals surface area contributed by atoms with Crippen LogP contribution < -0.4 is 5.32 Å². The Morgan fingerprint density at radius 1 is 1.40 bits per heavy atom. The smallest absolute Gasteiger partial charge is 0.214 e. The average Bonchev–Trinajstić information content (AvgIpc) is 2.97. The first kappa shape index (κ1) is 15.9. The summed E-state index contributed by atoms with van der Waals surface area (Å²) in [6.45, 7) is 5.47. The SMILES string of the molecule is CCNCC1CCN(S(=O)(=O)CCc2cccs2)CC1. The summed E-state index contributed by atoms with van der Waals surface area (Å²) in [6, 6.07) is 3.97. The van der Waals surface area contributed by atoms with Crippen LogP contribution in [0.3, 0.4) is 0 Å². The normalized spacial score (nSPS) is 18.4. The number of thiophene rings is 1. The number of aryl methyl sites for hydroxylation is 1. The van der Waals surface area contributed by atoms with Crippen LogP contribution in [0.15, 0.2) is 17.5 Å². The van der Waals surface area contributed by atoms with E-state index >= 15 is 0 Å². The van der Waals surface area contributed by atoms with E-state index in [1.807, 2.05) is 17.5 Å². The predicted octanol–water partition coefficient (Wildman–Crippen LogP) is 1.94. The van der Waals surface area contributed by atoms with Gasteiger partial charge in [-0.3, -0.25) is 0 Å². The largest absolute Gasteiger partial charge is 0.317 e. The van der Waals surface area contributed by atoms with Crippen molar-refractivity contribution < 1.29 is 8.42 Å². The number of sulfonamides is 1. The summed E-state index contributed by atoms with van der Waals surface area (Å²) in [7, 11) is -3.08. The van der Waals surface area contributed by atoms with E-state index in [4.69, 9.17) is 0 Å². The molecule has 1 aliphatic rings. The van der Waals surface area contributed by atoms with Gasteiger partial charge in [-0.15, -0.1) is 11.3 Å². The highest BCUT2D eigenvalue weighted by Crippen LogP contribution is 2.20. The molecule has 6 heteroatoms. The van der Waals surface area contributed by atoms with Crippen LogP contribution in [0.25, 0.3) is 0 Å². The summed E-state index contributed by atoms with van der Waals surface area (Å²) in [5.41, 5.74) is 0. The number of piperidine rings is 1. The first-order valence-electron chi connectivity index (χ1n) is 7.32. The number of nitrogens with one attached hydrogen (secondary N) is 1. The summed E-state index contributed by atoms with van der Waals surface area (Å²) >= 11 is 1.63. The Kier molecular flexibility index (Phi) is 6.01. The zero-order valence-electron chi connectivity index (χ0n) is 12.0. The van der Waals surface area contributed by atoms with E-state index in [1.54, 1.807) is 15.6 Å². The van der Waals surface area contributed by atoms with Crippen LogP contribution in [-0.2, 0) is 16.4 Å². The molecule has 0 spiro atoms. The molecule has 114 valence electrons. The molecule has 0 amide bonds. The molecule has 1 aliphatic heterocycles. The van der Waals surface area contributed by atoms with Crippen LogP contribution in [0.1, 0.15) is 24.6 Å². The van der Waals surface area contributed by atoms with Crippen molar-refractivity contribution in [1.82, 2.24) is 9.62 Å². The van der Waals surface area contributed by atoms with Crippen LogP contribution in [0.5, 0.6) is 0 Å². The molecule has 1 N–H and O–H groups in total. The Morgan fingerprint density at radius 3 is 2.75 bits per heavy atom. The van der Waals surface area contributed by atoms with E-state index in [-0.39, 0.29) is 5.75 Å². The van der Waals surface area contributed by atoms with Gasteiger partial charge < -0.3 is 5.32 Å². The Morgan fingerprint density at radius 2 is 2.15 bits per heavy atom. The van der Waals surface area contributed by atoms with Crippen molar-refractivity contribution in [2.24, 2.45) is 5.92 Å². The third-order valence-corrected chi connectivity index (χ3v) is 6.64. The van der Waals surface area contributed by atoms with Crippen LogP contribution in [0, 0.1) is 5.92 Å². The van der Waals surface area contributed by atoms with Crippen LogP contribution >= 0.6 is 11.3 Å². The van der Waals surface area contributed by atoms with Crippen molar-refractivity contribution in [2.75, 3.05) is 31.9 Å². The Bertz CT molecular complexity index is 477. The maximum Gasteiger partial charge on any atom is 0.214 e. The summed E-state index contributed by atoms with van der Waals surface area (Å²) < 4.78 is 26.3. The molecule has 1 saturated heterocycles. The van der Waals surface area contributed by atoms with Gasteiger partial charge in [0.2, 0.25) is 10.0 Å². The number of hydrogen-bond acceptors (Lipinski definition) is 4. The van der Waals surface area contributed by atoms with Crippen LogP contribution in [0.2, 0.25) is 0 Å². The van der Waals surface area contributed by atoms with E-state index in [0.717, 1.165) is 30.8 Å². The molecular weight excluding hydrogens is 292 g/mol. The molecule has 1 aromatic heterocycles. The zero-order valence-corrected chi connectivity index (χ0v) is 13.7. The van der Waals surface area contributed by atoms with Crippen molar-refractivity contribution in [1.29, 1.82) is 0 Å². The van der Waals surface area contributed by atoms with E-state index in [0.29, 0.717) is 25.4 Å². The summed E-state index contributed by atoms with van der Waals surface area (Å²) in [4.78, 5) is 1.15.